The number of pyridine rings is 1. The Morgan fingerprint density at radius 1 is 1.42 bits per heavy atom. The van der Waals surface area contributed by atoms with E-state index in [0.29, 0.717) is 17.9 Å². The number of carbonyl (C=O) groups is 1. The molecular formula is C16H16F2N4O2. The fourth-order valence-corrected chi connectivity index (χ4v) is 2.97. The van der Waals surface area contributed by atoms with Gasteiger partial charge < -0.3 is 9.42 Å². The van der Waals surface area contributed by atoms with E-state index in [2.05, 4.69) is 15.1 Å². The van der Waals surface area contributed by atoms with Crippen LogP contribution in [0.15, 0.2) is 29.0 Å². The number of hydrogen-bond acceptors (Lipinski definition) is 5. The summed E-state index contributed by atoms with van der Waals surface area (Å²) in [6, 6.07) is 2.60. The van der Waals surface area contributed by atoms with Crippen LogP contribution < -0.4 is 0 Å². The molecule has 3 heterocycles. The molecule has 2 fully saturated rings. The summed E-state index contributed by atoms with van der Waals surface area (Å²) < 4.78 is 32.9. The third-order valence-corrected chi connectivity index (χ3v) is 4.40. The van der Waals surface area contributed by atoms with Gasteiger partial charge in [-0.05, 0) is 30.9 Å². The highest BCUT2D eigenvalue weighted by atomic mass is 19.3. The largest absolute Gasteiger partial charge is 0.337 e. The molecule has 2 aromatic rings. The quantitative estimate of drug-likeness (QED) is 0.860. The molecule has 6 nitrogen and oxygen atoms in total. The van der Waals surface area contributed by atoms with Gasteiger partial charge in [-0.2, -0.15) is 4.98 Å². The van der Waals surface area contributed by atoms with Crippen LogP contribution >= 0.6 is 0 Å². The maximum absolute atomic E-state index is 13.9. The zero-order valence-electron chi connectivity index (χ0n) is 12.9. The number of alkyl halides is 2. The van der Waals surface area contributed by atoms with Gasteiger partial charge in [-0.1, -0.05) is 5.16 Å². The van der Waals surface area contributed by atoms with Crippen LogP contribution in [0.1, 0.15) is 37.6 Å². The van der Waals surface area contributed by atoms with Crippen molar-refractivity contribution in [2.75, 3.05) is 6.54 Å². The van der Waals surface area contributed by atoms with Crippen LogP contribution in [-0.2, 0) is 4.79 Å². The van der Waals surface area contributed by atoms with Crippen molar-refractivity contribution in [2.24, 2.45) is 5.92 Å². The third-order valence-electron chi connectivity index (χ3n) is 4.40. The van der Waals surface area contributed by atoms with Gasteiger partial charge in [-0.15, -0.1) is 0 Å². The van der Waals surface area contributed by atoms with Gasteiger partial charge in [-0.3, -0.25) is 9.78 Å². The average molecular weight is 334 g/mol. The minimum absolute atomic E-state index is 0.0511. The van der Waals surface area contributed by atoms with Crippen molar-refractivity contribution in [3.8, 4) is 11.4 Å². The van der Waals surface area contributed by atoms with Crippen LogP contribution in [0.25, 0.3) is 11.4 Å². The zero-order valence-corrected chi connectivity index (χ0v) is 12.9. The molecule has 1 aliphatic heterocycles. The Kier molecular flexibility index (Phi) is 3.54. The van der Waals surface area contributed by atoms with E-state index >= 15 is 0 Å². The Morgan fingerprint density at radius 2 is 2.25 bits per heavy atom. The molecule has 1 atom stereocenters. The molecule has 8 heteroatoms. The van der Waals surface area contributed by atoms with Crippen molar-refractivity contribution < 1.29 is 18.1 Å². The van der Waals surface area contributed by atoms with Gasteiger partial charge in [-0.25, -0.2) is 8.78 Å². The SMILES string of the molecule is O=C(CC1CC1)N1CC(F)(F)C[C@H]1c1nc(-c2cccnc2)no1. The molecule has 126 valence electrons. The van der Waals surface area contributed by atoms with Gasteiger partial charge in [0, 0.05) is 30.8 Å². The van der Waals surface area contributed by atoms with E-state index < -0.39 is 24.9 Å². The maximum atomic E-state index is 13.9. The number of nitrogens with zero attached hydrogens (tertiary/aromatic N) is 4. The molecule has 0 bridgehead atoms. The predicted octanol–water partition coefficient (Wildman–Crippen LogP) is 2.84. The van der Waals surface area contributed by atoms with Crippen molar-refractivity contribution in [1.82, 2.24) is 20.0 Å². The number of rotatable bonds is 4. The number of hydrogen-bond donors (Lipinski definition) is 0. The van der Waals surface area contributed by atoms with Gasteiger partial charge in [0.15, 0.2) is 0 Å². The smallest absolute Gasteiger partial charge is 0.267 e. The Bertz CT molecular complexity index is 746. The summed E-state index contributed by atoms with van der Waals surface area (Å²) in [5.74, 6) is -2.54. The lowest BCUT2D eigenvalue weighted by molar-refractivity contribution is -0.134. The van der Waals surface area contributed by atoms with Crippen LogP contribution in [0.5, 0.6) is 0 Å². The molecular weight excluding hydrogens is 318 g/mol. The highest BCUT2D eigenvalue weighted by molar-refractivity contribution is 5.77. The first-order chi connectivity index (χ1) is 11.5. The second kappa shape index (κ2) is 5.61. The van der Waals surface area contributed by atoms with E-state index in [1.54, 1.807) is 24.5 Å². The van der Waals surface area contributed by atoms with Crippen molar-refractivity contribution >= 4 is 5.91 Å². The molecule has 1 aliphatic carbocycles. The molecule has 0 aromatic carbocycles. The van der Waals surface area contributed by atoms with Crippen LogP contribution in [-0.4, -0.2) is 38.4 Å². The van der Waals surface area contributed by atoms with E-state index in [4.69, 9.17) is 4.52 Å². The van der Waals surface area contributed by atoms with E-state index in [-0.39, 0.29) is 17.6 Å². The Morgan fingerprint density at radius 3 is 2.96 bits per heavy atom. The van der Waals surface area contributed by atoms with E-state index in [1.165, 1.54) is 4.90 Å². The van der Waals surface area contributed by atoms with E-state index in [1.807, 2.05) is 0 Å². The Hall–Kier alpha value is -2.38. The second-order valence-corrected chi connectivity index (χ2v) is 6.44. The van der Waals surface area contributed by atoms with Crippen molar-refractivity contribution in [1.29, 1.82) is 0 Å². The molecule has 0 unspecified atom stereocenters. The number of aromatic nitrogens is 3. The Labute approximate surface area is 136 Å². The molecule has 4 rings (SSSR count). The summed E-state index contributed by atoms with van der Waals surface area (Å²) in [6.07, 6.45) is 4.99. The molecule has 0 spiro atoms. The van der Waals surface area contributed by atoms with Crippen molar-refractivity contribution in [3.63, 3.8) is 0 Å². The van der Waals surface area contributed by atoms with Gasteiger partial charge >= 0.3 is 0 Å². The van der Waals surface area contributed by atoms with Crippen molar-refractivity contribution in [3.05, 3.63) is 30.4 Å². The predicted molar refractivity (Wildman–Crippen MR) is 78.9 cm³/mol. The highest BCUT2D eigenvalue weighted by Gasteiger charge is 2.50. The minimum atomic E-state index is -2.94. The van der Waals surface area contributed by atoms with E-state index in [0.717, 1.165) is 12.8 Å². The van der Waals surface area contributed by atoms with E-state index in [9.17, 15) is 13.6 Å². The summed E-state index contributed by atoms with van der Waals surface area (Å²) in [7, 11) is 0. The highest BCUT2D eigenvalue weighted by Crippen LogP contribution is 2.42. The van der Waals surface area contributed by atoms with Gasteiger partial charge in [0.05, 0.1) is 6.54 Å². The topological polar surface area (TPSA) is 72.1 Å². The number of carbonyl (C=O) groups excluding carboxylic acids is 1. The fourth-order valence-electron chi connectivity index (χ4n) is 2.97. The average Bonchev–Trinajstić information content (AvgIpc) is 3.12. The van der Waals surface area contributed by atoms with Gasteiger partial charge in [0.2, 0.25) is 17.6 Å². The molecule has 24 heavy (non-hydrogen) atoms. The van der Waals surface area contributed by atoms with Crippen molar-refractivity contribution in [2.45, 2.75) is 37.6 Å². The maximum Gasteiger partial charge on any atom is 0.267 e. The van der Waals surface area contributed by atoms with Crippen LogP contribution in [0.2, 0.25) is 0 Å². The van der Waals surface area contributed by atoms with Gasteiger partial charge in [0.1, 0.15) is 6.04 Å². The first-order valence-electron chi connectivity index (χ1n) is 7.93. The fraction of sp³-hybridized carbons (Fsp3) is 0.500. The molecule has 1 saturated heterocycles. The summed E-state index contributed by atoms with van der Waals surface area (Å²) in [4.78, 5) is 21.7. The number of halogens is 2. The van der Waals surface area contributed by atoms with Crippen LogP contribution in [0, 0.1) is 5.92 Å². The molecule has 2 aromatic heterocycles. The molecule has 2 aliphatic rings. The number of amides is 1. The number of likely N-dealkylation sites (tertiary alicyclic amines) is 1. The summed E-state index contributed by atoms with van der Waals surface area (Å²) in [5.41, 5.74) is 0.633. The van der Waals surface area contributed by atoms with Crippen LogP contribution in [0.3, 0.4) is 0 Å². The molecule has 0 radical (unpaired) electrons. The standard InChI is InChI=1S/C16H16F2N4O2/c17-16(18)7-12(22(9-16)13(23)6-10-3-4-10)15-20-14(21-24-15)11-2-1-5-19-8-11/h1-2,5,8,10,12H,3-4,6-7,9H2/t12-/m0/s1. The lowest BCUT2D eigenvalue weighted by Gasteiger charge is -2.21. The molecule has 1 saturated carbocycles. The Balaban J connectivity index is 1.58. The monoisotopic (exact) mass is 334 g/mol. The first-order valence-corrected chi connectivity index (χ1v) is 7.93. The summed E-state index contributed by atoms with van der Waals surface area (Å²) in [6.45, 7) is -0.589. The van der Waals surface area contributed by atoms with Crippen LogP contribution in [0.4, 0.5) is 8.78 Å². The summed E-state index contributed by atoms with van der Waals surface area (Å²) >= 11 is 0. The normalized spacial score (nSPS) is 22.8. The van der Waals surface area contributed by atoms with Gasteiger partial charge in [0.25, 0.3) is 5.92 Å². The second-order valence-electron chi connectivity index (χ2n) is 6.44. The third kappa shape index (κ3) is 3.00. The lowest BCUT2D eigenvalue weighted by Crippen LogP contribution is -2.33. The summed E-state index contributed by atoms with van der Waals surface area (Å²) in [5, 5.41) is 3.84. The molecule has 0 N–H and O–H groups in total. The lowest BCUT2D eigenvalue weighted by atomic mass is 10.2. The molecule has 1 amide bonds. The zero-order chi connectivity index (χ0) is 16.7. The first kappa shape index (κ1) is 15.2. The minimum Gasteiger partial charge on any atom is -0.337 e.